The van der Waals surface area contributed by atoms with Crippen LogP contribution in [-0.4, -0.2) is 95.3 Å². The molecule has 0 aromatic heterocycles. The van der Waals surface area contributed by atoms with Gasteiger partial charge in [-0.2, -0.15) is 0 Å². The van der Waals surface area contributed by atoms with Gasteiger partial charge < -0.3 is 37.6 Å². The highest BCUT2D eigenvalue weighted by atomic mass is 28.4. The number of ether oxygens (including phenoxy) is 7. The molecule has 0 saturated carbocycles. The summed E-state index contributed by atoms with van der Waals surface area (Å²) in [5, 5.41) is -0.394. The number of esters is 5. The molecule has 5 rings (SSSR count). The standard InChI is InChI=1S/C45H50O13Si/c1-44(2,3)59(6,7)58-34-28-45(52-5,43(50)51-4)57-38(36(34)55-41(48)32-24-16-10-17-25-32)37(56-42(49)33-26-18-11-19-27-33)35(54-40(47)31-22-14-9-15-23-31)29-53-39(46)30-20-12-8-13-21-30/h8-27,34-38H,28-29H2,1-7H3/t34-,35+,36-,37+,38?,45-/m0/s1. The Balaban J connectivity index is 1.72. The van der Waals surface area contributed by atoms with Crippen LogP contribution in [-0.2, 0) is 42.4 Å². The molecule has 0 amide bonds. The van der Waals surface area contributed by atoms with E-state index in [9.17, 15) is 24.0 Å². The first kappa shape index (κ1) is 44.4. The Morgan fingerprint density at radius 1 is 0.678 bits per heavy atom. The molecule has 4 aromatic carbocycles. The quantitative estimate of drug-likeness (QED) is 0.0673. The zero-order valence-electron chi connectivity index (χ0n) is 34.2. The molecule has 1 aliphatic rings. The zero-order chi connectivity index (χ0) is 42.8. The third-order valence-corrected chi connectivity index (χ3v) is 14.9. The number of rotatable bonds is 15. The van der Waals surface area contributed by atoms with Gasteiger partial charge in [-0.15, -0.1) is 0 Å². The lowest BCUT2D eigenvalue weighted by molar-refractivity contribution is -0.318. The molecule has 13 nitrogen and oxygen atoms in total. The monoisotopic (exact) mass is 826 g/mol. The predicted octanol–water partition coefficient (Wildman–Crippen LogP) is 7.22. The number of benzene rings is 4. The van der Waals surface area contributed by atoms with Gasteiger partial charge in [-0.05, 0) is 66.7 Å². The minimum atomic E-state index is -2.82. The van der Waals surface area contributed by atoms with Gasteiger partial charge in [0.2, 0.25) is 0 Å². The van der Waals surface area contributed by atoms with Gasteiger partial charge in [0.25, 0.3) is 5.79 Å². The Bertz CT molecular complexity index is 2040. The highest BCUT2D eigenvalue weighted by Gasteiger charge is 2.60. The van der Waals surface area contributed by atoms with Crippen LogP contribution in [0.2, 0.25) is 18.1 Å². The number of hydrogen-bond donors (Lipinski definition) is 0. The van der Waals surface area contributed by atoms with Gasteiger partial charge in [0, 0.05) is 13.5 Å². The molecular weight excluding hydrogens is 777 g/mol. The summed E-state index contributed by atoms with van der Waals surface area (Å²) in [6, 6.07) is 32.2. The van der Waals surface area contributed by atoms with Crippen LogP contribution < -0.4 is 0 Å². The average molecular weight is 827 g/mol. The van der Waals surface area contributed by atoms with Crippen molar-refractivity contribution < 1.29 is 61.6 Å². The third kappa shape index (κ3) is 10.9. The van der Waals surface area contributed by atoms with E-state index in [1.54, 1.807) is 84.9 Å². The van der Waals surface area contributed by atoms with E-state index in [0.717, 1.165) is 7.11 Å². The molecule has 4 aromatic rings. The van der Waals surface area contributed by atoms with Gasteiger partial charge in [0.15, 0.2) is 26.6 Å². The SMILES string of the molecule is COC(=O)[C@]1(OC)C[C@H](O[Si](C)(C)C(C)(C)C)[C@H](OC(=O)c2ccccc2)C([C@H](OC(=O)c2ccccc2)[C@@H](COC(=O)c2ccccc2)OC(=O)c2ccccc2)O1. The molecule has 0 aliphatic carbocycles. The lowest BCUT2D eigenvalue weighted by Crippen LogP contribution is -2.67. The van der Waals surface area contributed by atoms with Crippen LogP contribution in [0.1, 0.15) is 68.6 Å². The molecule has 6 atom stereocenters. The van der Waals surface area contributed by atoms with Crippen LogP contribution in [0.3, 0.4) is 0 Å². The van der Waals surface area contributed by atoms with Gasteiger partial charge in [0.05, 0.1) is 35.5 Å². The molecule has 1 saturated heterocycles. The van der Waals surface area contributed by atoms with Crippen LogP contribution in [0.4, 0.5) is 0 Å². The van der Waals surface area contributed by atoms with Gasteiger partial charge in [-0.25, -0.2) is 24.0 Å². The molecule has 1 fully saturated rings. The van der Waals surface area contributed by atoms with Crippen molar-refractivity contribution in [2.75, 3.05) is 20.8 Å². The second-order valence-corrected chi connectivity index (χ2v) is 20.2. The number of carbonyl (C=O) groups excluding carboxylic acids is 5. The highest BCUT2D eigenvalue weighted by Crippen LogP contribution is 2.43. The van der Waals surface area contributed by atoms with Crippen molar-refractivity contribution in [3.05, 3.63) is 144 Å². The largest absolute Gasteiger partial charge is 0.465 e. The Kier molecular flexibility index (Phi) is 14.6. The minimum Gasteiger partial charge on any atom is -0.465 e. The first-order valence-corrected chi connectivity index (χ1v) is 22.0. The zero-order valence-corrected chi connectivity index (χ0v) is 35.2. The summed E-state index contributed by atoms with van der Waals surface area (Å²) in [6.07, 6.45) is -8.12. The van der Waals surface area contributed by atoms with E-state index in [0.29, 0.717) is 0 Å². The molecule has 312 valence electrons. The van der Waals surface area contributed by atoms with E-state index >= 15 is 0 Å². The smallest absolute Gasteiger partial charge is 0.366 e. The van der Waals surface area contributed by atoms with Gasteiger partial charge >= 0.3 is 29.8 Å². The van der Waals surface area contributed by atoms with E-state index in [-0.39, 0.29) is 28.7 Å². The fraction of sp³-hybridized carbons (Fsp3) is 0.356. The summed E-state index contributed by atoms with van der Waals surface area (Å²) < 4.78 is 48.9. The summed E-state index contributed by atoms with van der Waals surface area (Å²) >= 11 is 0. The maximum atomic E-state index is 14.1. The molecule has 0 spiro atoms. The second-order valence-electron chi connectivity index (χ2n) is 15.4. The van der Waals surface area contributed by atoms with Gasteiger partial charge in [-0.3, -0.25) is 0 Å². The van der Waals surface area contributed by atoms with E-state index in [4.69, 9.17) is 37.6 Å². The summed E-state index contributed by atoms with van der Waals surface area (Å²) in [4.78, 5) is 69.3. The topological polar surface area (TPSA) is 159 Å². The van der Waals surface area contributed by atoms with E-state index in [1.807, 2.05) is 33.9 Å². The van der Waals surface area contributed by atoms with Crippen molar-refractivity contribution in [2.45, 2.75) is 81.6 Å². The molecule has 0 N–H and O–H groups in total. The van der Waals surface area contributed by atoms with Crippen molar-refractivity contribution in [1.82, 2.24) is 0 Å². The van der Waals surface area contributed by atoms with Crippen LogP contribution in [0.15, 0.2) is 121 Å². The fourth-order valence-corrected chi connectivity index (χ4v) is 7.50. The lowest BCUT2D eigenvalue weighted by atomic mass is 9.90. The first-order chi connectivity index (χ1) is 28.1. The minimum absolute atomic E-state index is 0.0978. The Morgan fingerprint density at radius 3 is 1.56 bits per heavy atom. The van der Waals surface area contributed by atoms with Crippen molar-refractivity contribution in [3.63, 3.8) is 0 Å². The summed E-state index contributed by atoms with van der Waals surface area (Å²) in [7, 11) is -0.440. The predicted molar refractivity (Wildman–Crippen MR) is 217 cm³/mol. The molecule has 0 radical (unpaired) electrons. The van der Waals surface area contributed by atoms with Crippen LogP contribution in [0.5, 0.6) is 0 Å². The molecule has 0 bridgehead atoms. The summed E-state index contributed by atoms with van der Waals surface area (Å²) in [5.41, 5.74) is 0.585. The number of hydrogen-bond acceptors (Lipinski definition) is 13. The molecule has 1 heterocycles. The van der Waals surface area contributed by atoms with Crippen molar-refractivity contribution in [2.24, 2.45) is 0 Å². The maximum Gasteiger partial charge on any atom is 0.366 e. The Hall–Kier alpha value is -5.67. The third-order valence-electron chi connectivity index (χ3n) is 10.4. The molecule has 1 unspecified atom stereocenters. The van der Waals surface area contributed by atoms with E-state index < -0.39 is 86.1 Å². The van der Waals surface area contributed by atoms with Crippen molar-refractivity contribution in [1.29, 1.82) is 0 Å². The molecular formula is C45H50O13Si. The Labute approximate surface area is 344 Å². The molecule has 59 heavy (non-hydrogen) atoms. The van der Waals surface area contributed by atoms with E-state index in [1.165, 1.54) is 43.5 Å². The Morgan fingerprint density at radius 2 is 1.12 bits per heavy atom. The summed E-state index contributed by atoms with van der Waals surface area (Å²) in [6.45, 7) is 9.28. The lowest BCUT2D eigenvalue weighted by Gasteiger charge is -2.50. The van der Waals surface area contributed by atoms with Crippen molar-refractivity contribution in [3.8, 4) is 0 Å². The van der Waals surface area contributed by atoms with Crippen LogP contribution in [0.25, 0.3) is 0 Å². The molecule has 1 aliphatic heterocycles. The first-order valence-electron chi connectivity index (χ1n) is 19.1. The number of carbonyl (C=O) groups is 5. The number of methoxy groups -OCH3 is 2. The van der Waals surface area contributed by atoms with Crippen LogP contribution in [0, 0.1) is 0 Å². The van der Waals surface area contributed by atoms with E-state index in [2.05, 4.69) is 0 Å². The maximum absolute atomic E-state index is 14.1. The van der Waals surface area contributed by atoms with Crippen LogP contribution >= 0.6 is 0 Å². The average Bonchev–Trinajstić information content (AvgIpc) is 3.25. The van der Waals surface area contributed by atoms with Gasteiger partial charge in [0.1, 0.15) is 12.7 Å². The van der Waals surface area contributed by atoms with Gasteiger partial charge in [-0.1, -0.05) is 93.6 Å². The summed E-state index contributed by atoms with van der Waals surface area (Å²) in [5.74, 6) is -6.55. The normalized spacial score (nSPS) is 20.3. The second kappa shape index (κ2) is 19.4. The molecule has 14 heteroatoms. The fourth-order valence-electron chi connectivity index (χ4n) is 6.17. The highest BCUT2D eigenvalue weighted by molar-refractivity contribution is 6.74. The van der Waals surface area contributed by atoms with Crippen molar-refractivity contribution >= 4 is 38.2 Å².